The number of methoxy groups -OCH3 is 2. The van der Waals surface area contributed by atoms with E-state index in [0.29, 0.717) is 6.61 Å². The van der Waals surface area contributed by atoms with Gasteiger partial charge in [-0.15, -0.1) is 0 Å². The first-order valence-electron chi connectivity index (χ1n) is 6.58. The first-order valence-corrected chi connectivity index (χ1v) is 6.58. The third-order valence-corrected chi connectivity index (χ3v) is 4.20. The summed E-state index contributed by atoms with van der Waals surface area (Å²) in [4.78, 5) is 0. The van der Waals surface area contributed by atoms with Gasteiger partial charge in [-0.05, 0) is 24.0 Å². The Hall–Kier alpha value is -0.900. The van der Waals surface area contributed by atoms with Crippen LogP contribution in [0.1, 0.15) is 36.5 Å². The van der Waals surface area contributed by atoms with Gasteiger partial charge in [0.15, 0.2) is 0 Å². The number of hydrogen-bond donors (Lipinski definition) is 1. The van der Waals surface area contributed by atoms with Gasteiger partial charge in [0.2, 0.25) is 0 Å². The van der Waals surface area contributed by atoms with Gasteiger partial charge in [-0.3, -0.25) is 0 Å². The summed E-state index contributed by atoms with van der Waals surface area (Å²) < 4.78 is 10.6. The van der Waals surface area contributed by atoms with Crippen molar-refractivity contribution in [3.05, 3.63) is 35.4 Å². The zero-order valence-electron chi connectivity index (χ0n) is 11.3. The van der Waals surface area contributed by atoms with Crippen molar-refractivity contribution < 1.29 is 9.47 Å². The molecule has 0 spiro atoms. The number of ether oxygens (including phenoxy) is 2. The van der Waals surface area contributed by atoms with Gasteiger partial charge in [0.1, 0.15) is 6.10 Å². The molecule has 1 atom stereocenters. The molecule has 1 aromatic rings. The van der Waals surface area contributed by atoms with E-state index in [4.69, 9.17) is 15.2 Å². The van der Waals surface area contributed by atoms with Crippen LogP contribution in [0, 0.1) is 0 Å². The highest BCUT2D eigenvalue weighted by Crippen LogP contribution is 2.42. The Balaban J connectivity index is 2.14. The molecule has 3 heteroatoms. The van der Waals surface area contributed by atoms with E-state index in [2.05, 4.69) is 24.3 Å². The van der Waals surface area contributed by atoms with E-state index in [9.17, 15) is 0 Å². The topological polar surface area (TPSA) is 44.5 Å². The van der Waals surface area contributed by atoms with Crippen LogP contribution in [0.15, 0.2) is 24.3 Å². The van der Waals surface area contributed by atoms with Crippen LogP contribution >= 0.6 is 0 Å². The van der Waals surface area contributed by atoms with Crippen LogP contribution in [-0.2, 0) is 14.9 Å². The Morgan fingerprint density at radius 1 is 1.22 bits per heavy atom. The Morgan fingerprint density at radius 3 is 2.28 bits per heavy atom. The lowest BCUT2D eigenvalue weighted by molar-refractivity contribution is 0.0274. The van der Waals surface area contributed by atoms with E-state index in [0.717, 1.165) is 12.1 Å². The molecule has 18 heavy (non-hydrogen) atoms. The molecule has 1 unspecified atom stereocenters. The number of hydrogen-bond acceptors (Lipinski definition) is 3. The summed E-state index contributed by atoms with van der Waals surface area (Å²) in [5, 5.41) is 0. The molecule has 0 radical (unpaired) electrons. The molecule has 0 bridgehead atoms. The minimum Gasteiger partial charge on any atom is -0.382 e. The zero-order chi connectivity index (χ0) is 13.0. The lowest BCUT2D eigenvalue weighted by Gasteiger charge is -2.41. The molecule has 1 aliphatic rings. The van der Waals surface area contributed by atoms with Gasteiger partial charge < -0.3 is 15.2 Å². The highest BCUT2D eigenvalue weighted by Gasteiger charge is 2.37. The van der Waals surface area contributed by atoms with Crippen LogP contribution < -0.4 is 5.73 Å². The molecule has 0 heterocycles. The summed E-state index contributed by atoms with van der Waals surface area (Å²) in [5.74, 6) is 0. The maximum absolute atomic E-state index is 5.93. The maximum atomic E-state index is 5.93. The van der Waals surface area contributed by atoms with E-state index in [1.165, 1.54) is 24.8 Å². The lowest BCUT2D eigenvalue weighted by Crippen LogP contribution is -2.41. The van der Waals surface area contributed by atoms with Crippen molar-refractivity contribution in [2.45, 2.75) is 30.8 Å². The van der Waals surface area contributed by atoms with Crippen molar-refractivity contribution in [2.24, 2.45) is 5.73 Å². The van der Waals surface area contributed by atoms with Gasteiger partial charge in [-0.2, -0.15) is 0 Å². The van der Waals surface area contributed by atoms with Gasteiger partial charge in [0.05, 0.1) is 6.61 Å². The van der Waals surface area contributed by atoms with Crippen molar-refractivity contribution in [1.29, 1.82) is 0 Å². The predicted molar refractivity (Wildman–Crippen MR) is 72.7 cm³/mol. The molecule has 0 saturated heterocycles. The second kappa shape index (κ2) is 5.83. The van der Waals surface area contributed by atoms with E-state index in [1.54, 1.807) is 14.2 Å². The summed E-state index contributed by atoms with van der Waals surface area (Å²) in [7, 11) is 3.41. The molecular formula is C15H23NO2. The van der Waals surface area contributed by atoms with E-state index in [-0.39, 0.29) is 11.5 Å². The molecule has 0 aliphatic heterocycles. The fraction of sp³-hybridized carbons (Fsp3) is 0.600. The molecule has 0 amide bonds. The third-order valence-electron chi connectivity index (χ3n) is 4.20. The standard InChI is InChI=1S/C15H23NO2/c1-17-10-14(18-2)12-4-6-13(7-5-12)15(11-16)8-3-9-15/h4-7,14H,3,8-11,16H2,1-2H3. The summed E-state index contributed by atoms with van der Waals surface area (Å²) in [5.41, 5.74) is 8.70. The Labute approximate surface area is 109 Å². The van der Waals surface area contributed by atoms with Gasteiger partial charge >= 0.3 is 0 Å². The molecule has 0 aromatic heterocycles. The molecule has 2 N–H and O–H groups in total. The van der Waals surface area contributed by atoms with Crippen LogP contribution in [0.25, 0.3) is 0 Å². The SMILES string of the molecule is COCC(OC)c1ccc(C2(CN)CCC2)cc1. The molecule has 1 aromatic carbocycles. The predicted octanol–water partition coefficient (Wildman–Crippen LogP) is 2.40. The summed E-state index contributed by atoms with van der Waals surface area (Å²) in [6, 6.07) is 8.67. The fourth-order valence-electron chi connectivity index (χ4n) is 2.72. The average molecular weight is 249 g/mol. The quantitative estimate of drug-likeness (QED) is 0.842. The Morgan fingerprint density at radius 2 is 1.89 bits per heavy atom. The van der Waals surface area contributed by atoms with Gasteiger partial charge in [0.25, 0.3) is 0 Å². The normalized spacial score (nSPS) is 19.3. The first-order chi connectivity index (χ1) is 8.75. The largest absolute Gasteiger partial charge is 0.382 e. The second-order valence-electron chi connectivity index (χ2n) is 5.14. The first kappa shape index (κ1) is 13.5. The minimum absolute atomic E-state index is 0.0132. The lowest BCUT2D eigenvalue weighted by atomic mass is 9.64. The van der Waals surface area contributed by atoms with Crippen LogP contribution in [0.3, 0.4) is 0 Å². The monoisotopic (exact) mass is 249 g/mol. The molecule has 1 saturated carbocycles. The van der Waals surface area contributed by atoms with Crippen LogP contribution in [0.5, 0.6) is 0 Å². The van der Waals surface area contributed by atoms with Crippen LogP contribution in [0.2, 0.25) is 0 Å². The molecule has 3 nitrogen and oxygen atoms in total. The summed E-state index contributed by atoms with van der Waals surface area (Å²) in [6.07, 6.45) is 3.74. The van der Waals surface area contributed by atoms with Crippen molar-refractivity contribution in [3.8, 4) is 0 Å². The second-order valence-corrected chi connectivity index (χ2v) is 5.14. The van der Waals surface area contributed by atoms with Crippen molar-refractivity contribution in [3.63, 3.8) is 0 Å². The van der Waals surface area contributed by atoms with E-state index >= 15 is 0 Å². The summed E-state index contributed by atoms with van der Waals surface area (Å²) in [6.45, 7) is 1.33. The number of rotatable bonds is 6. The fourth-order valence-corrected chi connectivity index (χ4v) is 2.72. The highest BCUT2D eigenvalue weighted by atomic mass is 16.5. The van der Waals surface area contributed by atoms with Crippen LogP contribution in [-0.4, -0.2) is 27.4 Å². The average Bonchev–Trinajstić information content (AvgIpc) is 2.36. The van der Waals surface area contributed by atoms with Crippen molar-refractivity contribution >= 4 is 0 Å². The summed E-state index contributed by atoms with van der Waals surface area (Å²) >= 11 is 0. The van der Waals surface area contributed by atoms with Gasteiger partial charge in [0, 0.05) is 26.2 Å². The Bertz CT molecular complexity index is 365. The maximum Gasteiger partial charge on any atom is 0.105 e. The Kier molecular flexibility index (Phi) is 4.38. The molecule has 1 fully saturated rings. The number of benzene rings is 1. The van der Waals surface area contributed by atoms with Gasteiger partial charge in [-0.25, -0.2) is 0 Å². The zero-order valence-corrected chi connectivity index (χ0v) is 11.3. The molecule has 2 rings (SSSR count). The van der Waals surface area contributed by atoms with E-state index in [1.807, 2.05) is 0 Å². The van der Waals surface area contributed by atoms with E-state index < -0.39 is 0 Å². The third kappa shape index (κ3) is 2.44. The minimum atomic E-state index is 0.0132. The molecular weight excluding hydrogens is 226 g/mol. The highest BCUT2D eigenvalue weighted by molar-refractivity contribution is 5.32. The van der Waals surface area contributed by atoms with Crippen molar-refractivity contribution in [2.75, 3.05) is 27.4 Å². The van der Waals surface area contributed by atoms with Gasteiger partial charge in [-0.1, -0.05) is 30.7 Å². The molecule has 100 valence electrons. The van der Waals surface area contributed by atoms with Crippen LogP contribution in [0.4, 0.5) is 0 Å². The smallest absolute Gasteiger partial charge is 0.105 e. The molecule has 1 aliphatic carbocycles. The number of nitrogens with two attached hydrogens (primary N) is 1. The van der Waals surface area contributed by atoms with Crippen molar-refractivity contribution in [1.82, 2.24) is 0 Å².